The quantitative estimate of drug-likeness (QED) is 0.472. The molecule has 0 saturated carbocycles. The fourth-order valence-corrected chi connectivity index (χ4v) is 6.05. The normalized spacial score (nSPS) is 18.7. The lowest BCUT2D eigenvalue weighted by Gasteiger charge is -2.38. The van der Waals surface area contributed by atoms with Gasteiger partial charge in [0.1, 0.15) is 5.75 Å². The molecule has 0 spiro atoms. The van der Waals surface area contributed by atoms with E-state index in [4.69, 9.17) is 14.5 Å². The van der Waals surface area contributed by atoms with Gasteiger partial charge in [0, 0.05) is 44.4 Å². The Morgan fingerprint density at radius 3 is 2.27 bits per heavy atom. The first-order valence-corrected chi connectivity index (χ1v) is 14.2. The summed E-state index contributed by atoms with van der Waals surface area (Å²) in [6, 6.07) is 16.6. The molecule has 9 nitrogen and oxygen atoms in total. The summed E-state index contributed by atoms with van der Waals surface area (Å²) in [4.78, 5) is 49.2. The maximum Gasteiger partial charge on any atom is 0.338 e. The molecule has 40 heavy (non-hydrogen) atoms. The van der Waals surface area contributed by atoms with Crippen LogP contribution in [0, 0.1) is 0 Å². The van der Waals surface area contributed by atoms with Gasteiger partial charge in [-0.25, -0.2) is 9.79 Å². The number of piperazine rings is 1. The van der Waals surface area contributed by atoms with Crippen LogP contribution in [0.1, 0.15) is 37.4 Å². The molecule has 0 bridgehead atoms. The number of amidine groups is 1. The third kappa shape index (κ3) is 5.49. The van der Waals surface area contributed by atoms with Gasteiger partial charge >= 0.3 is 5.97 Å². The maximum atomic E-state index is 13.6. The number of aliphatic imine (C=N–C) groups is 1. The lowest BCUT2D eigenvalue weighted by molar-refractivity contribution is -0.139. The maximum absolute atomic E-state index is 13.6. The van der Waals surface area contributed by atoms with Gasteiger partial charge in [-0.15, -0.1) is 0 Å². The molecule has 3 heterocycles. The second kappa shape index (κ2) is 12.0. The van der Waals surface area contributed by atoms with Crippen molar-refractivity contribution in [2.75, 3.05) is 39.9 Å². The molecule has 0 N–H and O–H groups in total. The molecule has 2 amide bonds. The minimum absolute atomic E-state index is 0.0194. The van der Waals surface area contributed by atoms with Crippen molar-refractivity contribution in [1.82, 2.24) is 14.7 Å². The molecule has 0 unspecified atom stereocenters. The Bertz CT molecular complexity index is 1380. The van der Waals surface area contributed by atoms with E-state index in [0.29, 0.717) is 48.4 Å². The van der Waals surface area contributed by atoms with Crippen molar-refractivity contribution in [3.05, 3.63) is 82.4 Å². The highest BCUT2D eigenvalue weighted by Crippen LogP contribution is 2.47. The molecule has 1 atom stereocenters. The fourth-order valence-electron chi connectivity index (χ4n) is 5.13. The summed E-state index contributed by atoms with van der Waals surface area (Å²) in [5.74, 6) is 0.240. The van der Waals surface area contributed by atoms with Crippen LogP contribution >= 0.6 is 11.8 Å². The summed E-state index contributed by atoms with van der Waals surface area (Å²) < 4.78 is 10.9. The van der Waals surface area contributed by atoms with E-state index in [0.717, 1.165) is 16.8 Å². The van der Waals surface area contributed by atoms with Crippen molar-refractivity contribution >= 4 is 40.4 Å². The number of hydrogen-bond donors (Lipinski definition) is 0. The Labute approximate surface area is 238 Å². The highest BCUT2D eigenvalue weighted by Gasteiger charge is 2.42. The predicted octanol–water partition coefficient (Wildman–Crippen LogP) is 4.05. The van der Waals surface area contributed by atoms with Gasteiger partial charge in [-0.2, -0.15) is 0 Å². The minimum atomic E-state index is -0.559. The first-order chi connectivity index (χ1) is 19.4. The van der Waals surface area contributed by atoms with E-state index in [2.05, 4.69) is 0 Å². The zero-order valence-electron chi connectivity index (χ0n) is 22.8. The second-order valence-electron chi connectivity index (χ2n) is 9.58. The number of benzene rings is 2. The van der Waals surface area contributed by atoms with E-state index < -0.39 is 12.0 Å². The number of methoxy groups -OCH3 is 1. The van der Waals surface area contributed by atoms with Crippen molar-refractivity contribution in [1.29, 1.82) is 0 Å². The van der Waals surface area contributed by atoms with Crippen LogP contribution < -0.4 is 4.74 Å². The summed E-state index contributed by atoms with van der Waals surface area (Å²) in [7, 11) is 1.61. The number of esters is 1. The number of amides is 2. The van der Waals surface area contributed by atoms with Crippen LogP contribution in [0.25, 0.3) is 5.70 Å². The van der Waals surface area contributed by atoms with Crippen molar-refractivity contribution in [3.63, 3.8) is 0 Å². The lowest BCUT2D eigenvalue weighted by atomic mass is 9.91. The number of ether oxygens (including phenoxy) is 2. The number of nitrogens with zero attached hydrogens (tertiary/aromatic N) is 4. The van der Waals surface area contributed by atoms with Crippen molar-refractivity contribution < 1.29 is 23.9 Å². The summed E-state index contributed by atoms with van der Waals surface area (Å²) in [6.45, 7) is 5.58. The summed E-state index contributed by atoms with van der Waals surface area (Å²) in [5, 5.41) is 2.63. The summed E-state index contributed by atoms with van der Waals surface area (Å²) >= 11 is 1.44. The van der Waals surface area contributed by atoms with E-state index in [1.54, 1.807) is 30.8 Å². The average Bonchev–Trinajstić information content (AvgIpc) is 3.39. The van der Waals surface area contributed by atoms with Gasteiger partial charge in [0.05, 0.1) is 37.4 Å². The van der Waals surface area contributed by atoms with E-state index in [9.17, 15) is 14.4 Å². The SMILES string of the molecule is CCOC(=O)C1=C(c2ccccc2)N=C2SC=C(CC(=O)N3CCN(C(C)=O)CC3)N2[C@@H]1c1ccc(OC)cc1. The minimum Gasteiger partial charge on any atom is -0.497 e. The third-order valence-corrected chi connectivity index (χ3v) is 8.08. The Morgan fingerprint density at radius 2 is 1.65 bits per heavy atom. The third-order valence-electron chi connectivity index (χ3n) is 7.19. The molecule has 0 aliphatic carbocycles. The van der Waals surface area contributed by atoms with Crippen LogP contribution in [0.15, 0.2) is 76.3 Å². The molecule has 3 aliphatic rings. The summed E-state index contributed by atoms with van der Waals surface area (Å²) in [6.07, 6.45) is 0.148. The standard InChI is InChI=1S/C30H32N4O5S/c1-4-39-29(37)26-27(21-8-6-5-7-9-21)31-30-34(28(26)22-10-12-24(38-3)13-11-22)23(19-40-30)18-25(36)33-16-14-32(15-17-33)20(2)35/h5-13,19,28H,4,14-18H2,1-3H3/t28-/m1/s1. The smallest absolute Gasteiger partial charge is 0.338 e. The Morgan fingerprint density at radius 1 is 0.975 bits per heavy atom. The molecule has 10 heteroatoms. The molecular weight excluding hydrogens is 528 g/mol. The highest BCUT2D eigenvalue weighted by atomic mass is 32.2. The van der Waals surface area contributed by atoms with E-state index in [1.807, 2.05) is 64.9 Å². The van der Waals surface area contributed by atoms with Gasteiger partial charge in [-0.05, 0) is 30.0 Å². The number of rotatable bonds is 7. The van der Waals surface area contributed by atoms with Crippen molar-refractivity contribution in [2.24, 2.45) is 4.99 Å². The molecule has 1 saturated heterocycles. The van der Waals surface area contributed by atoms with Crippen LogP contribution in [0.2, 0.25) is 0 Å². The van der Waals surface area contributed by atoms with Crippen LogP contribution in [-0.2, 0) is 19.1 Å². The first-order valence-electron chi connectivity index (χ1n) is 13.3. The van der Waals surface area contributed by atoms with Crippen LogP contribution in [-0.4, -0.2) is 77.5 Å². The zero-order valence-corrected chi connectivity index (χ0v) is 23.6. The van der Waals surface area contributed by atoms with Crippen molar-refractivity contribution in [3.8, 4) is 5.75 Å². The van der Waals surface area contributed by atoms with E-state index in [-0.39, 0.29) is 24.8 Å². The lowest BCUT2D eigenvalue weighted by Crippen LogP contribution is -2.50. The number of thioether (sulfide) groups is 1. The second-order valence-corrected chi connectivity index (χ2v) is 10.4. The van der Waals surface area contributed by atoms with E-state index >= 15 is 0 Å². The predicted molar refractivity (Wildman–Crippen MR) is 154 cm³/mol. The van der Waals surface area contributed by atoms with Gasteiger partial charge in [0.2, 0.25) is 11.8 Å². The van der Waals surface area contributed by atoms with Crippen LogP contribution in [0.5, 0.6) is 5.75 Å². The molecule has 0 aromatic heterocycles. The van der Waals surface area contributed by atoms with Crippen LogP contribution in [0.4, 0.5) is 0 Å². The molecule has 3 aliphatic heterocycles. The van der Waals surface area contributed by atoms with Gasteiger partial charge in [-0.1, -0.05) is 54.2 Å². The number of carbonyl (C=O) groups excluding carboxylic acids is 3. The molecular formula is C30H32N4O5S. The van der Waals surface area contributed by atoms with Gasteiger partial charge in [-0.3, -0.25) is 9.59 Å². The largest absolute Gasteiger partial charge is 0.497 e. The summed E-state index contributed by atoms with van der Waals surface area (Å²) in [5.41, 5.74) is 3.39. The molecule has 5 rings (SSSR count). The Kier molecular flexibility index (Phi) is 8.25. The molecule has 208 valence electrons. The fraction of sp³-hybridized carbons (Fsp3) is 0.333. The monoisotopic (exact) mass is 560 g/mol. The average molecular weight is 561 g/mol. The van der Waals surface area contributed by atoms with Crippen LogP contribution in [0.3, 0.4) is 0 Å². The van der Waals surface area contributed by atoms with Gasteiger partial charge < -0.3 is 24.2 Å². The van der Waals surface area contributed by atoms with Gasteiger partial charge in [0.15, 0.2) is 5.17 Å². The zero-order chi connectivity index (χ0) is 28.2. The molecule has 1 fully saturated rings. The van der Waals surface area contributed by atoms with Crippen molar-refractivity contribution in [2.45, 2.75) is 26.3 Å². The number of hydrogen-bond acceptors (Lipinski definition) is 8. The number of fused-ring (bicyclic) bond motifs is 1. The highest BCUT2D eigenvalue weighted by molar-refractivity contribution is 8.16. The van der Waals surface area contributed by atoms with Gasteiger partial charge in [0.25, 0.3) is 0 Å². The number of carbonyl (C=O) groups is 3. The topological polar surface area (TPSA) is 91.8 Å². The molecule has 2 aromatic rings. The Balaban J connectivity index is 1.53. The molecule has 0 radical (unpaired) electrons. The first kappa shape index (κ1) is 27.5. The van der Waals surface area contributed by atoms with E-state index in [1.165, 1.54) is 11.8 Å². The Hall–Kier alpha value is -4.05. The molecule has 2 aromatic carbocycles.